The lowest BCUT2D eigenvalue weighted by Gasteiger charge is -2.48. The van der Waals surface area contributed by atoms with Gasteiger partial charge in [0.2, 0.25) is 11.9 Å². The monoisotopic (exact) mass is 369 g/mol. The highest BCUT2D eigenvalue weighted by atomic mass is 16.7. The van der Waals surface area contributed by atoms with Gasteiger partial charge in [0.05, 0.1) is 13.2 Å². The van der Waals surface area contributed by atoms with Gasteiger partial charge < -0.3 is 55.4 Å². The van der Waals surface area contributed by atoms with Gasteiger partial charge in [0.25, 0.3) is 5.91 Å². The maximum Gasteiger partial charge on any atom is 0.378 e. The van der Waals surface area contributed by atoms with E-state index < -0.39 is 72.9 Å². The first-order valence-electron chi connectivity index (χ1n) is 7.01. The van der Waals surface area contributed by atoms with Crippen molar-refractivity contribution in [3.05, 3.63) is 11.5 Å². The molecule has 0 spiro atoms. The molecule has 0 aromatic carbocycles. The van der Waals surface area contributed by atoms with Gasteiger partial charge in [-0.15, -0.1) is 0 Å². The van der Waals surface area contributed by atoms with Crippen LogP contribution in [-0.4, -0.2) is 107 Å². The van der Waals surface area contributed by atoms with Crippen LogP contribution in [0.2, 0.25) is 0 Å². The number of carbonyl (C=O) groups excluding carboxylic acids is 1. The summed E-state index contributed by atoms with van der Waals surface area (Å²) in [6, 6.07) is 0. The summed E-state index contributed by atoms with van der Waals surface area (Å²) in [7, 11) is 0. The Labute approximate surface area is 139 Å². The number of aliphatic hydroxyl groups is 9. The number of cyclic esters (lactones) is 1. The molecule has 1 saturated heterocycles. The van der Waals surface area contributed by atoms with E-state index in [0.717, 1.165) is 0 Å². The molecule has 10 N–H and O–H groups in total. The van der Waals surface area contributed by atoms with Gasteiger partial charge >= 0.3 is 5.97 Å². The molecule has 0 aliphatic carbocycles. The van der Waals surface area contributed by atoms with Gasteiger partial charge in [-0.3, -0.25) is 0 Å². The highest BCUT2D eigenvalue weighted by Gasteiger charge is 2.59. The number of esters is 1. The van der Waals surface area contributed by atoms with Gasteiger partial charge in [0.15, 0.2) is 17.6 Å². The molecule has 2 rings (SSSR count). The SMILES string of the molecule is O=C1OC(C(O)(CO)NC2(O)O[C@H](CO)[C@@H](O)[C@H](O)[C@H]2O)C(O)=C1O. The molecule has 13 nitrogen and oxygen atoms in total. The minimum Gasteiger partial charge on any atom is -0.505 e. The molecule has 3 unspecified atom stereocenters. The van der Waals surface area contributed by atoms with E-state index in [2.05, 4.69) is 4.74 Å². The van der Waals surface area contributed by atoms with Crippen molar-refractivity contribution in [2.45, 2.75) is 42.2 Å². The first kappa shape index (κ1) is 19.8. The fourth-order valence-corrected chi connectivity index (χ4v) is 2.53. The molecule has 1 fully saturated rings. The largest absolute Gasteiger partial charge is 0.505 e. The molecule has 2 aliphatic heterocycles. The zero-order valence-corrected chi connectivity index (χ0v) is 12.6. The van der Waals surface area contributed by atoms with Crippen molar-refractivity contribution in [2.24, 2.45) is 0 Å². The average Bonchev–Trinajstić information content (AvgIpc) is 2.84. The summed E-state index contributed by atoms with van der Waals surface area (Å²) >= 11 is 0. The number of hydrogen-bond donors (Lipinski definition) is 10. The second kappa shape index (κ2) is 6.64. The Morgan fingerprint density at radius 1 is 1.16 bits per heavy atom. The van der Waals surface area contributed by atoms with Crippen molar-refractivity contribution < 1.29 is 60.2 Å². The van der Waals surface area contributed by atoms with Gasteiger partial charge in [0.1, 0.15) is 18.3 Å². The summed E-state index contributed by atoms with van der Waals surface area (Å²) in [6.45, 7) is -2.25. The van der Waals surface area contributed by atoms with Crippen LogP contribution in [-0.2, 0) is 14.3 Å². The van der Waals surface area contributed by atoms with Crippen LogP contribution in [0.5, 0.6) is 0 Å². The first-order chi connectivity index (χ1) is 11.5. The third kappa shape index (κ3) is 3.17. The summed E-state index contributed by atoms with van der Waals surface area (Å²) < 4.78 is 9.30. The van der Waals surface area contributed by atoms with E-state index in [9.17, 15) is 45.6 Å². The van der Waals surface area contributed by atoms with E-state index in [1.54, 1.807) is 5.32 Å². The normalized spacial score (nSPS) is 41.6. The number of hydrogen-bond acceptors (Lipinski definition) is 13. The summed E-state index contributed by atoms with van der Waals surface area (Å²) in [5.41, 5.74) is -2.90. The second-order valence-corrected chi connectivity index (χ2v) is 5.69. The fourth-order valence-electron chi connectivity index (χ4n) is 2.53. The van der Waals surface area contributed by atoms with E-state index in [0.29, 0.717) is 0 Å². The zero-order valence-electron chi connectivity index (χ0n) is 12.6. The summed E-state index contributed by atoms with van der Waals surface area (Å²) in [5, 5.41) is 89.1. The molecular weight excluding hydrogens is 350 g/mol. The molecule has 7 atom stereocenters. The van der Waals surface area contributed by atoms with E-state index in [1.165, 1.54) is 0 Å². The topological polar surface area (TPSA) is 230 Å². The Morgan fingerprint density at radius 2 is 1.76 bits per heavy atom. The van der Waals surface area contributed by atoms with Gasteiger partial charge in [0, 0.05) is 0 Å². The van der Waals surface area contributed by atoms with E-state index >= 15 is 0 Å². The molecule has 13 heteroatoms. The van der Waals surface area contributed by atoms with Gasteiger partial charge in [-0.1, -0.05) is 0 Å². The van der Waals surface area contributed by atoms with Crippen molar-refractivity contribution >= 4 is 5.97 Å². The lowest BCUT2D eigenvalue weighted by molar-refractivity contribution is -0.380. The standard InChI is InChI=1S/C12H19NO12/c14-1-3-4(16)5(17)8(20)12(23,25-3)13-11(22,2-15)9-6(18)7(19)10(21)24-9/h3-5,8-9,13-20,22-23H,1-2H2/t3-,4-,5+,8-,9?,11?,12?/m1/s1. The van der Waals surface area contributed by atoms with Crippen LogP contribution in [0.1, 0.15) is 0 Å². The van der Waals surface area contributed by atoms with E-state index in [4.69, 9.17) is 9.84 Å². The van der Waals surface area contributed by atoms with Crippen molar-refractivity contribution in [3.63, 3.8) is 0 Å². The molecular formula is C12H19NO12. The van der Waals surface area contributed by atoms with Gasteiger partial charge in [-0.2, -0.15) is 0 Å². The summed E-state index contributed by atoms with van der Waals surface area (Å²) in [5.74, 6) is -6.92. The van der Waals surface area contributed by atoms with Gasteiger partial charge in [-0.25, -0.2) is 10.1 Å². The van der Waals surface area contributed by atoms with Crippen LogP contribution in [0.4, 0.5) is 0 Å². The minimum atomic E-state index is -3.06. The third-order valence-electron chi connectivity index (χ3n) is 3.95. The Balaban J connectivity index is 2.32. The predicted octanol–water partition coefficient (Wildman–Crippen LogP) is -5.37. The summed E-state index contributed by atoms with van der Waals surface area (Å²) in [6.07, 6.45) is -9.87. The van der Waals surface area contributed by atoms with Gasteiger partial charge in [-0.05, 0) is 0 Å². The Hall–Kier alpha value is -1.55. The average molecular weight is 369 g/mol. The van der Waals surface area contributed by atoms with Crippen molar-refractivity contribution in [1.29, 1.82) is 0 Å². The lowest BCUT2D eigenvalue weighted by Crippen LogP contribution is -2.76. The third-order valence-corrected chi connectivity index (χ3v) is 3.95. The minimum absolute atomic E-state index is 0.906. The molecule has 0 saturated carbocycles. The molecule has 0 amide bonds. The number of ether oxygens (including phenoxy) is 2. The maximum atomic E-state index is 11.2. The number of carbonyl (C=O) groups is 1. The Bertz CT molecular complexity index is 566. The van der Waals surface area contributed by atoms with Crippen LogP contribution in [0.3, 0.4) is 0 Å². The number of aliphatic hydroxyl groups excluding tert-OH is 7. The highest BCUT2D eigenvalue weighted by molar-refractivity contribution is 5.89. The van der Waals surface area contributed by atoms with Crippen LogP contribution >= 0.6 is 0 Å². The molecule has 0 bridgehead atoms. The molecule has 0 radical (unpaired) electrons. The predicted molar refractivity (Wildman–Crippen MR) is 72.3 cm³/mol. The lowest BCUT2D eigenvalue weighted by atomic mass is 9.95. The smallest absolute Gasteiger partial charge is 0.378 e. The Morgan fingerprint density at radius 3 is 2.20 bits per heavy atom. The quantitative estimate of drug-likeness (QED) is 0.161. The second-order valence-electron chi connectivity index (χ2n) is 5.69. The molecule has 2 aliphatic rings. The Kier molecular flexibility index (Phi) is 5.25. The van der Waals surface area contributed by atoms with Crippen molar-refractivity contribution in [2.75, 3.05) is 13.2 Å². The van der Waals surface area contributed by atoms with Crippen LogP contribution < -0.4 is 5.32 Å². The highest BCUT2D eigenvalue weighted by Crippen LogP contribution is 2.32. The molecule has 25 heavy (non-hydrogen) atoms. The number of rotatable bonds is 5. The maximum absolute atomic E-state index is 11.2. The van der Waals surface area contributed by atoms with Crippen LogP contribution in [0.25, 0.3) is 0 Å². The van der Waals surface area contributed by atoms with Crippen LogP contribution in [0, 0.1) is 0 Å². The first-order valence-corrected chi connectivity index (χ1v) is 7.01. The number of nitrogens with one attached hydrogen (secondary N) is 1. The van der Waals surface area contributed by atoms with Crippen molar-refractivity contribution in [3.8, 4) is 0 Å². The summed E-state index contributed by atoms with van der Waals surface area (Å²) in [4.78, 5) is 11.2. The molecule has 0 aromatic heterocycles. The van der Waals surface area contributed by atoms with Crippen molar-refractivity contribution in [1.82, 2.24) is 5.32 Å². The zero-order chi connectivity index (χ0) is 19.2. The molecule has 144 valence electrons. The van der Waals surface area contributed by atoms with Crippen LogP contribution in [0.15, 0.2) is 11.5 Å². The molecule has 2 heterocycles. The molecule has 0 aromatic rings. The van der Waals surface area contributed by atoms with E-state index in [-0.39, 0.29) is 0 Å². The fraction of sp³-hybridized carbons (Fsp3) is 0.750. The van der Waals surface area contributed by atoms with E-state index in [1.807, 2.05) is 0 Å².